The van der Waals surface area contributed by atoms with E-state index in [-0.39, 0.29) is 18.6 Å². The minimum absolute atomic E-state index is 0.0379. The molecule has 4 saturated heterocycles. The van der Waals surface area contributed by atoms with Gasteiger partial charge in [0, 0.05) is 6.08 Å². The van der Waals surface area contributed by atoms with Gasteiger partial charge >= 0.3 is 5.97 Å². The third-order valence-corrected chi connectivity index (χ3v) is 11.5. The number of ether oxygens (including phenoxy) is 9. The average molecular weight is 949 g/mol. The number of phenolic OH excluding ortho intramolecular Hbond substituents is 4. The highest BCUT2D eigenvalue weighted by molar-refractivity contribution is 5.87. The van der Waals surface area contributed by atoms with Crippen molar-refractivity contribution in [1.29, 1.82) is 0 Å². The summed E-state index contributed by atoms with van der Waals surface area (Å²) in [4.78, 5) is 13.4. The molecule has 4 fully saturated rings. The molecule has 4 heterocycles. The Hall–Kier alpha value is -3.91. The quantitative estimate of drug-likeness (QED) is 0.0424. The fourth-order valence-corrected chi connectivity index (χ4v) is 7.60. The zero-order valence-electron chi connectivity index (χ0n) is 35.0. The van der Waals surface area contributed by atoms with Crippen LogP contribution in [0.15, 0.2) is 42.5 Å². The predicted molar refractivity (Wildman–Crippen MR) is 212 cm³/mol. The summed E-state index contributed by atoms with van der Waals surface area (Å²) < 4.78 is 51.8. The first kappa shape index (κ1) is 51.5. The lowest BCUT2D eigenvalue weighted by atomic mass is 9.96. The molecular formula is C41H56O25. The van der Waals surface area contributed by atoms with Gasteiger partial charge in [0.1, 0.15) is 79.4 Å². The molecule has 0 unspecified atom stereocenters. The molecule has 0 bridgehead atoms. The average Bonchev–Trinajstić information content (AvgIpc) is 3.29. The Labute approximate surface area is 374 Å². The van der Waals surface area contributed by atoms with Crippen molar-refractivity contribution >= 4 is 12.0 Å². The first-order valence-electron chi connectivity index (χ1n) is 20.7. The largest absolute Gasteiger partial charge is 0.504 e. The van der Waals surface area contributed by atoms with Gasteiger partial charge in [-0.3, -0.25) is 0 Å². The summed E-state index contributed by atoms with van der Waals surface area (Å²) in [6.07, 6.45) is -32.7. The van der Waals surface area contributed by atoms with Crippen LogP contribution >= 0.6 is 0 Å². The monoisotopic (exact) mass is 948 g/mol. The van der Waals surface area contributed by atoms with E-state index in [0.29, 0.717) is 5.56 Å². The Balaban J connectivity index is 1.24. The Bertz CT molecular complexity index is 1920. The molecule has 2 aromatic carbocycles. The number of carbonyl (C=O) groups is 1. The number of hydrogen-bond acceptors (Lipinski definition) is 25. The molecule has 25 nitrogen and oxygen atoms in total. The van der Waals surface area contributed by atoms with E-state index in [0.717, 1.165) is 18.2 Å². The van der Waals surface area contributed by atoms with Gasteiger partial charge in [0.25, 0.3) is 0 Å². The number of rotatable bonds is 16. The molecule has 0 aliphatic carbocycles. The van der Waals surface area contributed by atoms with Gasteiger partial charge in [-0.1, -0.05) is 12.1 Å². The fraction of sp³-hybridized carbons (Fsp3) is 0.634. The molecule has 0 amide bonds. The second-order valence-corrected chi connectivity index (χ2v) is 16.1. The highest BCUT2D eigenvalue weighted by Crippen LogP contribution is 2.35. The maximum Gasteiger partial charge on any atom is 0.331 e. The summed E-state index contributed by atoms with van der Waals surface area (Å²) in [7, 11) is 0. The fourth-order valence-electron chi connectivity index (χ4n) is 7.60. The molecule has 6 rings (SSSR count). The highest BCUT2D eigenvalue weighted by Gasteiger charge is 2.54. The first-order chi connectivity index (χ1) is 31.3. The van der Waals surface area contributed by atoms with Crippen molar-refractivity contribution in [3.8, 4) is 23.0 Å². The Morgan fingerprint density at radius 1 is 0.561 bits per heavy atom. The van der Waals surface area contributed by atoms with Crippen LogP contribution < -0.4 is 0 Å². The van der Waals surface area contributed by atoms with Gasteiger partial charge in [0.15, 0.2) is 60.4 Å². The minimum Gasteiger partial charge on any atom is -0.504 e. The standard InChI is InChI=1S/C41H56O25/c1-15-26(49)29(52)32(55)39(60-15)66-37-36(64-25(48)7-4-16-2-5-18(44)20(46)10-16)28(51)24(63-41(37)58-9-8-17-3-6-19(45)21(47)11-17)14-59-38-34(57)31(54)35(23(13-43)62-38)65-40-33(56)30(53)27(50)22(12-42)61-40/h2-7,10-11,15,22-24,26-47,49-57H,8-9,12-14H2,1H3/b7-4+/t15-,22-,23-,24+,26-,27-,28+,29+,30+,31-,32-,33-,34-,35-,36-,37+,38-,39+,40+,41+/m0/s1. The normalized spacial score (nSPS) is 39.8. The summed E-state index contributed by atoms with van der Waals surface area (Å²) >= 11 is 0. The van der Waals surface area contributed by atoms with Crippen LogP contribution in [0, 0.1) is 0 Å². The molecule has 15 N–H and O–H groups in total. The molecule has 2 aromatic rings. The molecule has 0 spiro atoms. The lowest BCUT2D eigenvalue weighted by Crippen LogP contribution is -2.66. The van der Waals surface area contributed by atoms with Crippen LogP contribution in [0.4, 0.5) is 0 Å². The lowest BCUT2D eigenvalue weighted by Gasteiger charge is -2.47. The van der Waals surface area contributed by atoms with E-state index in [4.69, 9.17) is 42.6 Å². The van der Waals surface area contributed by atoms with Gasteiger partial charge in [0.2, 0.25) is 0 Å². The topological polar surface area (TPSA) is 404 Å². The van der Waals surface area contributed by atoms with Crippen LogP contribution in [0.2, 0.25) is 0 Å². The van der Waals surface area contributed by atoms with Crippen LogP contribution in [-0.4, -0.2) is 232 Å². The van der Waals surface area contributed by atoms with E-state index in [2.05, 4.69) is 0 Å². The van der Waals surface area contributed by atoms with E-state index < -0.39 is 172 Å². The van der Waals surface area contributed by atoms with Crippen molar-refractivity contribution in [2.75, 3.05) is 26.4 Å². The van der Waals surface area contributed by atoms with Gasteiger partial charge < -0.3 is 119 Å². The molecular weight excluding hydrogens is 892 g/mol. The molecule has 66 heavy (non-hydrogen) atoms. The molecule has 0 saturated carbocycles. The van der Waals surface area contributed by atoms with Crippen molar-refractivity contribution < 1.29 is 124 Å². The molecule has 25 heteroatoms. The zero-order chi connectivity index (χ0) is 48.1. The maximum absolute atomic E-state index is 13.4. The molecule has 0 aromatic heterocycles. The van der Waals surface area contributed by atoms with Crippen molar-refractivity contribution in [2.24, 2.45) is 0 Å². The number of aliphatic hydroxyl groups is 11. The van der Waals surface area contributed by atoms with Crippen LogP contribution in [0.5, 0.6) is 23.0 Å². The zero-order valence-corrected chi connectivity index (χ0v) is 35.0. The van der Waals surface area contributed by atoms with Crippen molar-refractivity contribution in [3.05, 3.63) is 53.6 Å². The van der Waals surface area contributed by atoms with E-state index >= 15 is 0 Å². The van der Waals surface area contributed by atoms with E-state index in [1.54, 1.807) is 0 Å². The summed E-state index contributed by atoms with van der Waals surface area (Å²) in [5.41, 5.74) is 0.684. The van der Waals surface area contributed by atoms with Crippen LogP contribution in [0.25, 0.3) is 6.08 Å². The van der Waals surface area contributed by atoms with Gasteiger partial charge in [0.05, 0.1) is 32.5 Å². The Morgan fingerprint density at radius 3 is 1.79 bits per heavy atom. The lowest BCUT2D eigenvalue weighted by molar-refractivity contribution is -0.375. The predicted octanol–water partition coefficient (Wildman–Crippen LogP) is -5.37. The van der Waals surface area contributed by atoms with E-state index in [1.807, 2.05) is 0 Å². The van der Waals surface area contributed by atoms with Crippen molar-refractivity contribution in [2.45, 2.75) is 136 Å². The summed E-state index contributed by atoms with van der Waals surface area (Å²) in [5, 5.41) is 156. The Morgan fingerprint density at radius 2 is 1.14 bits per heavy atom. The second-order valence-electron chi connectivity index (χ2n) is 16.1. The number of aromatic hydroxyl groups is 4. The Kier molecular flexibility index (Phi) is 17.5. The number of benzene rings is 2. The van der Waals surface area contributed by atoms with Crippen LogP contribution in [-0.2, 0) is 53.8 Å². The van der Waals surface area contributed by atoms with E-state index in [9.17, 15) is 81.4 Å². The molecule has 370 valence electrons. The summed E-state index contributed by atoms with van der Waals surface area (Å²) in [5.74, 6) is -2.90. The van der Waals surface area contributed by atoms with E-state index in [1.165, 1.54) is 37.3 Å². The summed E-state index contributed by atoms with van der Waals surface area (Å²) in [6.45, 7) is -1.38. The van der Waals surface area contributed by atoms with Crippen molar-refractivity contribution in [3.63, 3.8) is 0 Å². The van der Waals surface area contributed by atoms with Crippen LogP contribution in [0.1, 0.15) is 18.1 Å². The van der Waals surface area contributed by atoms with Gasteiger partial charge in [-0.05, 0) is 54.8 Å². The first-order valence-corrected chi connectivity index (χ1v) is 20.7. The number of hydrogen-bond donors (Lipinski definition) is 15. The number of phenols is 4. The third kappa shape index (κ3) is 11.7. The molecule has 0 radical (unpaired) electrons. The van der Waals surface area contributed by atoms with Crippen molar-refractivity contribution in [1.82, 2.24) is 0 Å². The number of carbonyl (C=O) groups excluding carboxylic acids is 1. The minimum atomic E-state index is -2.01. The van der Waals surface area contributed by atoms with Gasteiger partial charge in [-0.25, -0.2) is 4.79 Å². The maximum atomic E-state index is 13.4. The highest BCUT2D eigenvalue weighted by atomic mass is 16.8. The SMILES string of the molecule is C[C@@H]1O[C@H](O[C@H]2[C@H](OCCc3ccc(O)c(O)c3)O[C@H](CO[C@H]3O[C@@H](CO)[C@H](O[C@H]4O[C@@H](CO)[C@H](O)[C@@H](O)[C@@H]4O)[C@@H](O)[C@@H]3O)[C@@H](O)[C@@H]2OC(=O)/C=C/c2ccc(O)c(O)c2)[C@@H](O)[C@H](O)[C@H]1O. The van der Waals surface area contributed by atoms with Gasteiger partial charge in [-0.2, -0.15) is 0 Å². The van der Waals surface area contributed by atoms with Gasteiger partial charge in [-0.15, -0.1) is 0 Å². The molecule has 4 aliphatic heterocycles. The molecule has 20 atom stereocenters. The third-order valence-electron chi connectivity index (χ3n) is 11.5. The van der Waals surface area contributed by atoms with Crippen LogP contribution in [0.3, 0.4) is 0 Å². The number of esters is 1. The smallest absolute Gasteiger partial charge is 0.331 e. The summed E-state index contributed by atoms with van der Waals surface area (Å²) in [6, 6.07) is 7.59. The number of aliphatic hydroxyl groups excluding tert-OH is 11. The molecule has 4 aliphatic rings. The second kappa shape index (κ2) is 22.5.